The molecule has 0 heterocycles. The number of hydrogen-bond acceptors (Lipinski definition) is 4. The Labute approximate surface area is 203 Å². The molecule has 0 aliphatic heterocycles. The van der Waals surface area contributed by atoms with Crippen LogP contribution >= 0.6 is 0 Å². The second kappa shape index (κ2) is 11.4. The number of amides is 2. The third-order valence-electron chi connectivity index (χ3n) is 5.30. The first kappa shape index (κ1) is 23.4. The van der Waals surface area contributed by atoms with Crippen molar-refractivity contribution in [2.75, 3.05) is 11.9 Å². The zero-order valence-electron chi connectivity index (χ0n) is 18.9. The summed E-state index contributed by atoms with van der Waals surface area (Å²) in [5, 5.41) is 5.39. The van der Waals surface area contributed by atoms with Gasteiger partial charge in [-0.2, -0.15) is 0 Å². The zero-order valence-corrected chi connectivity index (χ0v) is 18.9. The fourth-order valence-corrected chi connectivity index (χ4v) is 3.39. The molecule has 0 aliphatic rings. The Kier molecular flexibility index (Phi) is 7.66. The van der Waals surface area contributed by atoms with Crippen LogP contribution in [0.15, 0.2) is 109 Å². The van der Waals surface area contributed by atoms with E-state index in [2.05, 4.69) is 10.6 Å². The third-order valence-corrected chi connectivity index (χ3v) is 5.30. The van der Waals surface area contributed by atoms with Gasteiger partial charge in [-0.1, -0.05) is 72.8 Å². The van der Waals surface area contributed by atoms with E-state index in [0.29, 0.717) is 16.8 Å². The van der Waals surface area contributed by atoms with Crippen molar-refractivity contribution in [2.24, 2.45) is 0 Å². The van der Waals surface area contributed by atoms with Crippen LogP contribution < -0.4 is 10.6 Å². The van der Waals surface area contributed by atoms with Gasteiger partial charge in [0.25, 0.3) is 11.8 Å². The van der Waals surface area contributed by atoms with Gasteiger partial charge in [-0.25, -0.2) is 0 Å². The van der Waals surface area contributed by atoms with Gasteiger partial charge in [0, 0.05) is 16.8 Å². The molecular weight excluding hydrogens is 440 g/mol. The first-order valence-electron chi connectivity index (χ1n) is 11.1. The fraction of sp³-hybridized carbons (Fsp3) is 0.0690. The highest BCUT2D eigenvalue weighted by molar-refractivity contribution is 6.04. The molecule has 0 unspecified atom stereocenters. The van der Waals surface area contributed by atoms with Crippen LogP contribution in [-0.2, 0) is 16.1 Å². The van der Waals surface area contributed by atoms with Crippen LogP contribution in [0.4, 0.5) is 5.69 Å². The van der Waals surface area contributed by atoms with Crippen molar-refractivity contribution in [1.82, 2.24) is 5.32 Å². The molecule has 6 nitrogen and oxygen atoms in total. The van der Waals surface area contributed by atoms with E-state index >= 15 is 0 Å². The molecule has 174 valence electrons. The van der Waals surface area contributed by atoms with Crippen molar-refractivity contribution in [3.05, 3.63) is 126 Å². The molecule has 4 aromatic rings. The average Bonchev–Trinajstić information content (AvgIpc) is 2.92. The topological polar surface area (TPSA) is 84.5 Å². The molecule has 35 heavy (non-hydrogen) atoms. The average molecular weight is 465 g/mol. The second-order valence-corrected chi connectivity index (χ2v) is 7.80. The lowest BCUT2D eigenvalue weighted by Gasteiger charge is -2.09. The summed E-state index contributed by atoms with van der Waals surface area (Å²) in [5.41, 5.74) is 4.47. The SMILES string of the molecule is O=C(CNC(=O)c1ccc(-c2ccccc2)cc1)OCc1ccc(C(=O)Nc2ccccc2)cc1. The van der Waals surface area contributed by atoms with Crippen LogP contribution in [-0.4, -0.2) is 24.3 Å². The van der Waals surface area contributed by atoms with Gasteiger partial charge in [-0.15, -0.1) is 0 Å². The lowest BCUT2D eigenvalue weighted by Crippen LogP contribution is -2.30. The minimum Gasteiger partial charge on any atom is -0.460 e. The minimum atomic E-state index is -0.551. The zero-order chi connectivity index (χ0) is 24.5. The number of nitrogens with one attached hydrogen (secondary N) is 2. The molecule has 0 atom stereocenters. The predicted octanol–water partition coefficient (Wildman–Crippen LogP) is 5.08. The molecule has 6 heteroatoms. The molecule has 0 spiro atoms. The number of benzene rings is 4. The van der Waals surface area contributed by atoms with Crippen LogP contribution in [0, 0.1) is 0 Å². The highest BCUT2D eigenvalue weighted by Gasteiger charge is 2.10. The van der Waals surface area contributed by atoms with Crippen LogP contribution in [0.5, 0.6) is 0 Å². The lowest BCUT2D eigenvalue weighted by atomic mass is 10.0. The lowest BCUT2D eigenvalue weighted by molar-refractivity contribution is -0.143. The number of rotatable bonds is 8. The normalized spacial score (nSPS) is 10.3. The van der Waals surface area contributed by atoms with E-state index < -0.39 is 5.97 Å². The summed E-state index contributed by atoms with van der Waals surface area (Å²) < 4.78 is 5.23. The Morgan fingerprint density at radius 1 is 0.600 bits per heavy atom. The Morgan fingerprint density at radius 2 is 1.14 bits per heavy atom. The molecule has 4 rings (SSSR count). The van der Waals surface area contributed by atoms with Crippen LogP contribution in [0.25, 0.3) is 11.1 Å². The summed E-state index contributed by atoms with van der Waals surface area (Å²) in [6, 6.07) is 33.0. The van der Waals surface area contributed by atoms with Gasteiger partial charge < -0.3 is 15.4 Å². The van der Waals surface area contributed by atoms with E-state index in [1.54, 1.807) is 36.4 Å². The highest BCUT2D eigenvalue weighted by Crippen LogP contribution is 2.19. The van der Waals surface area contributed by atoms with E-state index in [1.807, 2.05) is 72.8 Å². The van der Waals surface area contributed by atoms with Gasteiger partial charge in [-0.3, -0.25) is 14.4 Å². The number of esters is 1. The van der Waals surface area contributed by atoms with Gasteiger partial charge >= 0.3 is 5.97 Å². The Balaban J connectivity index is 1.22. The summed E-state index contributed by atoms with van der Waals surface area (Å²) in [4.78, 5) is 36.7. The smallest absolute Gasteiger partial charge is 0.325 e. The van der Waals surface area contributed by atoms with Crippen molar-refractivity contribution in [3.8, 4) is 11.1 Å². The van der Waals surface area contributed by atoms with Gasteiger partial charge in [0.2, 0.25) is 0 Å². The third kappa shape index (κ3) is 6.65. The van der Waals surface area contributed by atoms with Crippen molar-refractivity contribution in [3.63, 3.8) is 0 Å². The van der Waals surface area contributed by atoms with Gasteiger partial charge in [0.05, 0.1) is 0 Å². The summed E-state index contributed by atoms with van der Waals surface area (Å²) in [7, 11) is 0. The molecule has 2 amide bonds. The molecule has 0 aliphatic carbocycles. The summed E-state index contributed by atoms with van der Waals surface area (Å²) in [5.74, 6) is -1.13. The van der Waals surface area contributed by atoms with E-state index in [9.17, 15) is 14.4 Å². The summed E-state index contributed by atoms with van der Waals surface area (Å²) in [6.45, 7) is -0.197. The second-order valence-electron chi connectivity index (χ2n) is 7.80. The van der Waals surface area contributed by atoms with Crippen LogP contribution in [0.1, 0.15) is 26.3 Å². The molecule has 2 N–H and O–H groups in total. The minimum absolute atomic E-state index is 0.0427. The van der Waals surface area contributed by atoms with E-state index in [1.165, 1.54) is 0 Å². The summed E-state index contributed by atoms with van der Waals surface area (Å²) in [6.07, 6.45) is 0. The molecular formula is C29H24N2O4. The Hall–Kier alpha value is -4.71. The molecule has 4 aromatic carbocycles. The number of carbonyl (C=O) groups is 3. The fourth-order valence-electron chi connectivity index (χ4n) is 3.39. The van der Waals surface area contributed by atoms with Crippen molar-refractivity contribution in [1.29, 1.82) is 0 Å². The summed E-state index contributed by atoms with van der Waals surface area (Å²) >= 11 is 0. The monoisotopic (exact) mass is 464 g/mol. The van der Waals surface area contributed by atoms with Crippen molar-refractivity contribution >= 4 is 23.5 Å². The van der Waals surface area contributed by atoms with Gasteiger partial charge in [0.1, 0.15) is 13.2 Å². The quantitative estimate of drug-likeness (QED) is 0.356. The molecule has 0 bridgehead atoms. The molecule has 0 radical (unpaired) electrons. The molecule has 0 aromatic heterocycles. The number of carbonyl (C=O) groups excluding carboxylic acids is 3. The Morgan fingerprint density at radius 3 is 1.80 bits per heavy atom. The van der Waals surface area contributed by atoms with Gasteiger partial charge in [-0.05, 0) is 53.1 Å². The maximum atomic E-state index is 12.3. The van der Waals surface area contributed by atoms with Crippen LogP contribution in [0.3, 0.4) is 0 Å². The standard InChI is InChI=1S/C29H24N2O4/c32-27(19-30-28(33)24-17-15-23(16-18-24)22-7-3-1-4-8-22)35-20-21-11-13-25(14-12-21)29(34)31-26-9-5-2-6-10-26/h1-18H,19-20H2,(H,30,33)(H,31,34). The highest BCUT2D eigenvalue weighted by atomic mass is 16.5. The first-order valence-corrected chi connectivity index (χ1v) is 11.1. The molecule has 0 saturated heterocycles. The van der Waals surface area contributed by atoms with E-state index in [0.717, 1.165) is 16.7 Å². The van der Waals surface area contributed by atoms with Crippen molar-refractivity contribution < 1.29 is 19.1 Å². The number of para-hydroxylation sites is 1. The van der Waals surface area contributed by atoms with E-state index in [-0.39, 0.29) is 25.0 Å². The molecule has 0 saturated carbocycles. The van der Waals surface area contributed by atoms with Gasteiger partial charge in [0.15, 0.2) is 0 Å². The maximum Gasteiger partial charge on any atom is 0.325 e. The van der Waals surface area contributed by atoms with Crippen LogP contribution in [0.2, 0.25) is 0 Å². The Bertz CT molecular complexity index is 1290. The number of hydrogen-bond donors (Lipinski definition) is 2. The van der Waals surface area contributed by atoms with Crippen molar-refractivity contribution in [2.45, 2.75) is 6.61 Å². The largest absolute Gasteiger partial charge is 0.460 e. The first-order chi connectivity index (χ1) is 17.1. The number of ether oxygens (including phenoxy) is 1. The van der Waals surface area contributed by atoms with E-state index in [4.69, 9.17) is 4.74 Å². The number of anilines is 1. The maximum absolute atomic E-state index is 12.3. The molecule has 0 fully saturated rings. The predicted molar refractivity (Wildman–Crippen MR) is 135 cm³/mol.